The molecule has 1 aromatic heterocycles. The smallest absolute Gasteiger partial charge is 0.343 e. The van der Waals surface area contributed by atoms with Gasteiger partial charge >= 0.3 is 11.9 Å². The van der Waals surface area contributed by atoms with E-state index in [1.54, 1.807) is 6.92 Å². The van der Waals surface area contributed by atoms with Gasteiger partial charge in [-0.2, -0.15) is 5.10 Å². The van der Waals surface area contributed by atoms with Crippen LogP contribution in [0.15, 0.2) is 24.4 Å². The van der Waals surface area contributed by atoms with E-state index in [4.69, 9.17) is 15.6 Å². The Hall–Kier alpha value is -3.03. The van der Waals surface area contributed by atoms with Crippen molar-refractivity contribution in [1.29, 1.82) is 0 Å². The molecule has 0 amide bonds. The minimum atomic E-state index is -1.29. The lowest BCUT2D eigenvalue weighted by atomic mass is 10.2. The quantitative estimate of drug-likeness (QED) is 0.718. The Morgan fingerprint density at radius 2 is 2.10 bits per heavy atom. The molecule has 21 heavy (non-hydrogen) atoms. The second kappa shape index (κ2) is 5.53. The van der Waals surface area contributed by atoms with Crippen molar-refractivity contribution in [1.82, 2.24) is 9.78 Å². The molecule has 8 nitrogen and oxygen atoms in total. The first-order chi connectivity index (χ1) is 9.95. The van der Waals surface area contributed by atoms with Crippen molar-refractivity contribution in [3.05, 3.63) is 35.5 Å². The first-order valence-corrected chi connectivity index (χ1v) is 6.03. The van der Waals surface area contributed by atoms with Crippen molar-refractivity contribution in [2.75, 3.05) is 12.3 Å². The normalized spacial score (nSPS) is 10.3. The number of rotatable bonds is 4. The molecule has 0 atom stereocenters. The first kappa shape index (κ1) is 14.4. The second-order valence-corrected chi connectivity index (χ2v) is 4.08. The molecule has 2 aromatic rings. The summed E-state index contributed by atoms with van der Waals surface area (Å²) in [5.41, 5.74) is 5.92. The fourth-order valence-electron chi connectivity index (χ4n) is 1.76. The van der Waals surface area contributed by atoms with Gasteiger partial charge in [0.15, 0.2) is 0 Å². The van der Waals surface area contributed by atoms with E-state index in [-0.39, 0.29) is 29.3 Å². The molecule has 0 saturated heterocycles. The third-order valence-electron chi connectivity index (χ3n) is 2.76. The van der Waals surface area contributed by atoms with Crippen LogP contribution in [0.3, 0.4) is 0 Å². The highest BCUT2D eigenvalue weighted by Gasteiger charge is 2.18. The number of anilines is 1. The fourth-order valence-corrected chi connectivity index (χ4v) is 1.76. The van der Waals surface area contributed by atoms with E-state index in [9.17, 15) is 14.7 Å². The van der Waals surface area contributed by atoms with Crippen LogP contribution >= 0.6 is 0 Å². The Morgan fingerprint density at radius 3 is 2.71 bits per heavy atom. The van der Waals surface area contributed by atoms with Crippen LogP contribution in [0.25, 0.3) is 5.69 Å². The van der Waals surface area contributed by atoms with Gasteiger partial charge in [-0.15, -0.1) is 0 Å². The van der Waals surface area contributed by atoms with Gasteiger partial charge in [-0.3, -0.25) is 0 Å². The van der Waals surface area contributed by atoms with E-state index in [1.165, 1.54) is 29.1 Å². The number of aromatic carboxylic acids is 1. The zero-order valence-electron chi connectivity index (χ0n) is 11.1. The molecular weight excluding hydrogens is 278 g/mol. The molecule has 0 saturated carbocycles. The Labute approximate surface area is 119 Å². The van der Waals surface area contributed by atoms with Crippen LogP contribution in [0.1, 0.15) is 27.6 Å². The molecule has 110 valence electrons. The van der Waals surface area contributed by atoms with Gasteiger partial charge in [0.25, 0.3) is 0 Å². The van der Waals surface area contributed by atoms with E-state index in [0.717, 1.165) is 0 Å². The summed E-state index contributed by atoms with van der Waals surface area (Å²) in [5, 5.41) is 22.4. The van der Waals surface area contributed by atoms with Crippen LogP contribution in [-0.4, -0.2) is 38.5 Å². The molecule has 0 aliphatic carbocycles. The average molecular weight is 291 g/mol. The Morgan fingerprint density at radius 1 is 1.38 bits per heavy atom. The molecule has 0 spiro atoms. The van der Waals surface area contributed by atoms with Crippen molar-refractivity contribution in [3.63, 3.8) is 0 Å². The van der Waals surface area contributed by atoms with Crippen LogP contribution < -0.4 is 5.73 Å². The predicted molar refractivity (Wildman–Crippen MR) is 72.6 cm³/mol. The van der Waals surface area contributed by atoms with Gasteiger partial charge in [0.1, 0.15) is 22.7 Å². The van der Waals surface area contributed by atoms with E-state index in [2.05, 4.69) is 5.10 Å². The molecule has 2 rings (SSSR count). The van der Waals surface area contributed by atoms with Crippen molar-refractivity contribution in [2.24, 2.45) is 0 Å². The highest BCUT2D eigenvalue weighted by molar-refractivity contribution is 5.94. The third kappa shape index (κ3) is 2.64. The maximum Gasteiger partial charge on any atom is 0.343 e. The molecule has 8 heteroatoms. The minimum absolute atomic E-state index is 0.0236. The third-order valence-corrected chi connectivity index (χ3v) is 2.76. The number of nitrogen functional groups attached to an aromatic ring is 1. The van der Waals surface area contributed by atoms with Gasteiger partial charge in [-0.05, 0) is 25.1 Å². The van der Waals surface area contributed by atoms with E-state index in [1.807, 2.05) is 0 Å². The molecule has 0 radical (unpaired) electrons. The van der Waals surface area contributed by atoms with Gasteiger partial charge in [-0.1, -0.05) is 0 Å². The van der Waals surface area contributed by atoms with E-state index < -0.39 is 11.9 Å². The average Bonchev–Trinajstić information content (AvgIpc) is 2.81. The maximum atomic E-state index is 11.6. The topological polar surface area (TPSA) is 128 Å². The molecular formula is C13H13N3O5. The van der Waals surface area contributed by atoms with Crippen LogP contribution in [0, 0.1) is 0 Å². The molecule has 1 heterocycles. The number of carbonyl (C=O) groups excluding carboxylic acids is 1. The maximum absolute atomic E-state index is 11.6. The number of nitrogens with two attached hydrogens (primary N) is 1. The Kier molecular flexibility index (Phi) is 3.79. The van der Waals surface area contributed by atoms with Crippen LogP contribution in [0.4, 0.5) is 5.82 Å². The number of benzene rings is 1. The molecule has 0 aliphatic heterocycles. The molecule has 0 fully saturated rings. The number of phenols is 1. The summed E-state index contributed by atoms with van der Waals surface area (Å²) in [5.74, 6) is -2.25. The highest BCUT2D eigenvalue weighted by atomic mass is 16.5. The van der Waals surface area contributed by atoms with Crippen molar-refractivity contribution in [3.8, 4) is 11.4 Å². The fraction of sp³-hybridized carbons (Fsp3) is 0.154. The number of hydrogen-bond acceptors (Lipinski definition) is 6. The number of nitrogens with zero attached hydrogens (tertiary/aromatic N) is 2. The van der Waals surface area contributed by atoms with Gasteiger partial charge in [0.2, 0.25) is 0 Å². The lowest BCUT2D eigenvalue weighted by molar-refractivity contribution is 0.0527. The van der Waals surface area contributed by atoms with Crippen molar-refractivity contribution in [2.45, 2.75) is 6.92 Å². The van der Waals surface area contributed by atoms with Gasteiger partial charge < -0.3 is 20.7 Å². The van der Waals surface area contributed by atoms with Crippen LogP contribution in [0.5, 0.6) is 5.75 Å². The minimum Gasteiger partial charge on any atom is -0.507 e. The first-order valence-electron chi connectivity index (χ1n) is 6.03. The van der Waals surface area contributed by atoms with Gasteiger partial charge in [0, 0.05) is 0 Å². The van der Waals surface area contributed by atoms with E-state index >= 15 is 0 Å². The summed E-state index contributed by atoms with van der Waals surface area (Å²) in [6, 6.07) is 3.85. The number of carbonyl (C=O) groups is 2. The molecule has 0 unspecified atom stereocenters. The Bertz CT molecular complexity index is 708. The van der Waals surface area contributed by atoms with Crippen molar-refractivity contribution >= 4 is 17.8 Å². The van der Waals surface area contributed by atoms with Crippen LogP contribution in [-0.2, 0) is 4.74 Å². The molecule has 4 N–H and O–H groups in total. The lowest BCUT2D eigenvalue weighted by Gasteiger charge is -2.07. The lowest BCUT2D eigenvalue weighted by Crippen LogP contribution is -2.09. The summed E-state index contributed by atoms with van der Waals surface area (Å²) in [6.07, 6.45) is 1.24. The number of carboxylic acids is 1. The molecule has 1 aromatic carbocycles. The molecule has 0 aliphatic rings. The summed E-state index contributed by atoms with van der Waals surface area (Å²) < 4.78 is 6.03. The number of hydrogen-bond donors (Lipinski definition) is 3. The van der Waals surface area contributed by atoms with E-state index in [0.29, 0.717) is 5.69 Å². The Balaban J connectivity index is 2.46. The summed E-state index contributed by atoms with van der Waals surface area (Å²) in [7, 11) is 0. The summed E-state index contributed by atoms with van der Waals surface area (Å²) in [6.45, 7) is 1.86. The largest absolute Gasteiger partial charge is 0.507 e. The molecule has 0 bridgehead atoms. The van der Waals surface area contributed by atoms with Crippen LogP contribution in [0.2, 0.25) is 0 Å². The highest BCUT2D eigenvalue weighted by Crippen LogP contribution is 2.23. The number of esters is 1. The second-order valence-electron chi connectivity index (χ2n) is 4.08. The summed E-state index contributed by atoms with van der Waals surface area (Å²) >= 11 is 0. The number of aromatic hydroxyl groups is 1. The van der Waals surface area contributed by atoms with Gasteiger partial charge in [0.05, 0.1) is 18.5 Å². The number of carboxylic acid groups (broad SMARTS) is 1. The number of aromatic nitrogens is 2. The summed E-state index contributed by atoms with van der Waals surface area (Å²) in [4.78, 5) is 22.6. The SMILES string of the molecule is CCOC(=O)c1cnn(-c2ccc(O)c(C(=O)O)c2)c1N. The predicted octanol–water partition coefficient (Wildman–Crippen LogP) is 1.03. The number of ether oxygens (including phenoxy) is 1. The standard InChI is InChI=1S/C13H13N3O5/c1-2-21-13(20)9-6-15-16(11(9)14)7-3-4-10(17)8(5-7)12(18)19/h3-6,17H,2,14H2,1H3,(H,18,19). The zero-order valence-corrected chi connectivity index (χ0v) is 11.1. The zero-order chi connectivity index (χ0) is 15.6. The van der Waals surface area contributed by atoms with Crippen molar-refractivity contribution < 1.29 is 24.5 Å². The monoisotopic (exact) mass is 291 g/mol. The van der Waals surface area contributed by atoms with Gasteiger partial charge in [-0.25, -0.2) is 14.3 Å².